The number of hydrogen-bond donors (Lipinski definition) is 1. The molecule has 2 N–H and O–H groups in total. The Bertz CT molecular complexity index is 909. The Kier molecular flexibility index (Phi) is 3.76. The van der Waals surface area contributed by atoms with Crippen LogP contribution in [0.15, 0.2) is 59.6 Å². The van der Waals surface area contributed by atoms with E-state index in [1.165, 1.54) is 3.97 Å². The Morgan fingerprint density at radius 2 is 1.77 bits per heavy atom. The molecule has 0 saturated heterocycles. The second-order valence-corrected chi connectivity index (χ2v) is 7.18. The maximum absolute atomic E-state index is 12.8. The number of aryl methyl sites for hydroxylation is 1. The largest absolute Gasteiger partial charge is 0.330 e. The summed E-state index contributed by atoms with van der Waals surface area (Å²) >= 11 is 0. The zero-order chi connectivity index (χ0) is 15.7. The van der Waals surface area contributed by atoms with Gasteiger partial charge in [0.1, 0.15) is 0 Å². The highest BCUT2D eigenvalue weighted by Crippen LogP contribution is 2.23. The van der Waals surface area contributed by atoms with Crippen LogP contribution in [0.25, 0.3) is 10.9 Å². The molecule has 0 aliphatic carbocycles. The highest BCUT2D eigenvalue weighted by molar-refractivity contribution is 7.90. The van der Waals surface area contributed by atoms with Gasteiger partial charge in [-0.3, -0.25) is 0 Å². The molecule has 0 atom stereocenters. The Balaban J connectivity index is 2.16. The Hall–Kier alpha value is -2.11. The van der Waals surface area contributed by atoms with Crippen LogP contribution in [0.3, 0.4) is 0 Å². The highest BCUT2D eigenvalue weighted by atomic mass is 32.2. The predicted octanol–water partition coefficient (Wildman–Crippen LogP) is 2.69. The third kappa shape index (κ3) is 2.53. The van der Waals surface area contributed by atoms with Crippen molar-refractivity contribution in [3.8, 4) is 0 Å². The lowest BCUT2D eigenvalue weighted by atomic mass is 10.1. The molecule has 1 heterocycles. The smallest absolute Gasteiger partial charge is 0.268 e. The Morgan fingerprint density at radius 1 is 1.05 bits per heavy atom. The van der Waals surface area contributed by atoms with Gasteiger partial charge in [-0.1, -0.05) is 29.8 Å². The van der Waals surface area contributed by atoms with Gasteiger partial charge < -0.3 is 5.73 Å². The number of aromatic nitrogens is 1. The molecule has 0 saturated carbocycles. The first kappa shape index (κ1) is 14.8. The van der Waals surface area contributed by atoms with Crippen molar-refractivity contribution in [2.75, 3.05) is 6.54 Å². The molecule has 3 aromatic rings. The van der Waals surface area contributed by atoms with Crippen molar-refractivity contribution in [2.24, 2.45) is 5.73 Å². The molecular weight excluding hydrogens is 296 g/mol. The van der Waals surface area contributed by atoms with E-state index in [0.29, 0.717) is 17.0 Å². The minimum atomic E-state index is -3.59. The molecule has 0 radical (unpaired) electrons. The van der Waals surface area contributed by atoms with Crippen LogP contribution in [0, 0.1) is 6.92 Å². The summed E-state index contributed by atoms with van der Waals surface area (Å²) in [6.07, 6.45) is 2.33. The van der Waals surface area contributed by atoms with Gasteiger partial charge in [0.2, 0.25) is 0 Å². The summed E-state index contributed by atoms with van der Waals surface area (Å²) < 4.78 is 27.0. The van der Waals surface area contributed by atoms with E-state index >= 15 is 0 Å². The molecule has 4 nitrogen and oxygen atoms in total. The van der Waals surface area contributed by atoms with E-state index in [-0.39, 0.29) is 0 Å². The summed E-state index contributed by atoms with van der Waals surface area (Å²) in [6.45, 7) is 2.47. The fourth-order valence-electron chi connectivity index (χ4n) is 2.50. The average Bonchev–Trinajstić information content (AvgIpc) is 2.92. The second-order valence-electron chi connectivity index (χ2n) is 5.36. The molecule has 2 aromatic carbocycles. The first-order valence-electron chi connectivity index (χ1n) is 7.15. The number of nitrogens with zero attached hydrogens (tertiary/aromatic N) is 1. The molecular formula is C17H18N2O2S. The quantitative estimate of drug-likeness (QED) is 0.805. The number of benzene rings is 2. The van der Waals surface area contributed by atoms with E-state index in [2.05, 4.69) is 0 Å². The van der Waals surface area contributed by atoms with E-state index in [1.807, 2.05) is 31.2 Å². The van der Waals surface area contributed by atoms with Crippen LogP contribution in [-0.2, 0) is 16.4 Å². The van der Waals surface area contributed by atoms with Gasteiger partial charge in [0.15, 0.2) is 0 Å². The molecule has 0 amide bonds. The van der Waals surface area contributed by atoms with Crippen molar-refractivity contribution in [3.05, 3.63) is 65.9 Å². The van der Waals surface area contributed by atoms with Gasteiger partial charge in [-0.2, -0.15) is 0 Å². The maximum atomic E-state index is 12.8. The van der Waals surface area contributed by atoms with Crippen LogP contribution in [-0.4, -0.2) is 18.9 Å². The molecule has 0 bridgehead atoms. The highest BCUT2D eigenvalue weighted by Gasteiger charge is 2.18. The van der Waals surface area contributed by atoms with Gasteiger partial charge in [0, 0.05) is 11.6 Å². The number of rotatable bonds is 4. The third-order valence-corrected chi connectivity index (χ3v) is 5.44. The normalized spacial score (nSPS) is 11.9. The summed E-state index contributed by atoms with van der Waals surface area (Å²) in [4.78, 5) is 0.292. The Morgan fingerprint density at radius 3 is 2.45 bits per heavy atom. The minimum absolute atomic E-state index is 0.292. The topological polar surface area (TPSA) is 65.1 Å². The van der Waals surface area contributed by atoms with Crippen LogP contribution < -0.4 is 5.73 Å². The molecule has 22 heavy (non-hydrogen) atoms. The van der Waals surface area contributed by atoms with Crippen molar-refractivity contribution in [2.45, 2.75) is 18.2 Å². The number of fused-ring (bicyclic) bond motifs is 1. The van der Waals surface area contributed by atoms with Crippen LogP contribution in [0.5, 0.6) is 0 Å². The van der Waals surface area contributed by atoms with Crippen molar-refractivity contribution >= 4 is 20.9 Å². The molecule has 0 spiro atoms. The zero-order valence-corrected chi connectivity index (χ0v) is 13.2. The summed E-state index contributed by atoms with van der Waals surface area (Å²) in [7, 11) is -3.59. The van der Waals surface area contributed by atoms with E-state index in [4.69, 9.17) is 5.73 Å². The fourth-order valence-corrected chi connectivity index (χ4v) is 3.85. The van der Waals surface area contributed by atoms with Gasteiger partial charge in [-0.25, -0.2) is 12.4 Å². The second kappa shape index (κ2) is 5.59. The molecule has 3 rings (SSSR count). The van der Waals surface area contributed by atoms with Crippen LogP contribution in [0.4, 0.5) is 0 Å². The fraction of sp³-hybridized carbons (Fsp3) is 0.176. The molecule has 0 aliphatic rings. The number of nitrogens with two attached hydrogens (primary N) is 1. The van der Waals surface area contributed by atoms with E-state index < -0.39 is 10.0 Å². The van der Waals surface area contributed by atoms with Gasteiger partial charge >= 0.3 is 0 Å². The SMILES string of the molecule is Cc1ccc(S(=O)(=O)n2ccc3ccc(CCN)cc32)cc1. The monoisotopic (exact) mass is 314 g/mol. The average molecular weight is 314 g/mol. The molecule has 1 aromatic heterocycles. The molecule has 0 unspecified atom stereocenters. The van der Waals surface area contributed by atoms with Gasteiger partial charge in [0.05, 0.1) is 10.4 Å². The van der Waals surface area contributed by atoms with E-state index in [1.54, 1.807) is 30.5 Å². The van der Waals surface area contributed by atoms with Gasteiger partial charge in [-0.15, -0.1) is 0 Å². The lowest BCUT2D eigenvalue weighted by Crippen LogP contribution is -2.12. The van der Waals surface area contributed by atoms with Crippen molar-refractivity contribution in [1.82, 2.24) is 3.97 Å². The van der Waals surface area contributed by atoms with Gasteiger partial charge in [0.25, 0.3) is 10.0 Å². The molecule has 0 aliphatic heterocycles. The number of hydrogen-bond acceptors (Lipinski definition) is 3. The summed E-state index contributed by atoms with van der Waals surface area (Å²) in [5.41, 5.74) is 8.34. The summed E-state index contributed by atoms with van der Waals surface area (Å²) in [5.74, 6) is 0. The van der Waals surface area contributed by atoms with E-state index in [0.717, 1.165) is 22.9 Å². The zero-order valence-electron chi connectivity index (χ0n) is 12.4. The molecule has 0 fully saturated rings. The lowest BCUT2D eigenvalue weighted by molar-refractivity contribution is 0.589. The van der Waals surface area contributed by atoms with Crippen molar-refractivity contribution in [3.63, 3.8) is 0 Å². The summed E-state index contributed by atoms with van der Waals surface area (Å²) in [6, 6.07) is 14.5. The standard InChI is InChI=1S/C17H18N2O2S/c1-13-2-6-16(7-3-13)22(20,21)19-11-9-15-5-4-14(8-10-18)12-17(15)19/h2-7,9,11-12H,8,10,18H2,1H3. The first-order valence-corrected chi connectivity index (χ1v) is 8.59. The van der Waals surface area contributed by atoms with Gasteiger partial charge in [-0.05, 0) is 49.7 Å². The Labute approximate surface area is 130 Å². The van der Waals surface area contributed by atoms with Crippen molar-refractivity contribution < 1.29 is 8.42 Å². The van der Waals surface area contributed by atoms with Crippen LogP contribution in [0.1, 0.15) is 11.1 Å². The van der Waals surface area contributed by atoms with Crippen molar-refractivity contribution in [1.29, 1.82) is 0 Å². The minimum Gasteiger partial charge on any atom is -0.330 e. The third-order valence-electron chi connectivity index (χ3n) is 3.73. The lowest BCUT2D eigenvalue weighted by Gasteiger charge is -2.09. The molecule has 114 valence electrons. The van der Waals surface area contributed by atoms with Crippen LogP contribution >= 0.6 is 0 Å². The van der Waals surface area contributed by atoms with E-state index in [9.17, 15) is 8.42 Å². The molecule has 5 heteroatoms. The first-order chi connectivity index (χ1) is 10.5. The predicted molar refractivity (Wildman–Crippen MR) is 88.5 cm³/mol. The maximum Gasteiger partial charge on any atom is 0.268 e. The summed E-state index contributed by atoms with van der Waals surface area (Å²) in [5, 5.41) is 0.899. The van der Waals surface area contributed by atoms with Crippen LogP contribution in [0.2, 0.25) is 0 Å².